The van der Waals surface area contributed by atoms with Crippen LogP contribution in [0.4, 0.5) is 5.82 Å². The van der Waals surface area contributed by atoms with Crippen molar-refractivity contribution in [3.05, 3.63) is 12.5 Å². The highest BCUT2D eigenvalue weighted by atomic mass is 16.2. The summed E-state index contributed by atoms with van der Waals surface area (Å²) < 4.78 is 1.77. The molecule has 0 spiro atoms. The van der Waals surface area contributed by atoms with Crippen LogP contribution in [0.3, 0.4) is 0 Å². The average molecular weight is 330 g/mol. The normalized spacial score (nSPS) is 16.6. The smallest absolute Gasteiger partial charge is 0.227 e. The number of carbonyl (C=O) groups excluding carboxylic acids is 1. The van der Waals surface area contributed by atoms with Crippen LogP contribution in [0.5, 0.6) is 0 Å². The van der Waals surface area contributed by atoms with Crippen LogP contribution < -0.4 is 4.90 Å². The maximum absolute atomic E-state index is 12.5. The van der Waals surface area contributed by atoms with E-state index in [1.54, 1.807) is 11.0 Å². The van der Waals surface area contributed by atoms with E-state index >= 15 is 0 Å². The summed E-state index contributed by atoms with van der Waals surface area (Å²) >= 11 is 0. The molecule has 0 aliphatic carbocycles. The van der Waals surface area contributed by atoms with E-state index < -0.39 is 0 Å². The number of rotatable bonds is 2. The minimum Gasteiger partial charge on any atom is -0.356 e. The topological polar surface area (TPSA) is 67.2 Å². The number of carbonyl (C=O) groups is 1. The molecule has 1 fully saturated rings. The van der Waals surface area contributed by atoms with Gasteiger partial charge in [0.05, 0.1) is 11.6 Å². The van der Waals surface area contributed by atoms with Crippen molar-refractivity contribution >= 4 is 22.8 Å². The quantitative estimate of drug-likeness (QED) is 0.840. The molecule has 7 nitrogen and oxygen atoms in total. The van der Waals surface area contributed by atoms with Crippen LogP contribution in [0.1, 0.15) is 33.6 Å². The van der Waals surface area contributed by atoms with Crippen LogP contribution in [-0.4, -0.2) is 56.7 Å². The number of fused-ring (bicyclic) bond motifs is 1. The van der Waals surface area contributed by atoms with Gasteiger partial charge >= 0.3 is 0 Å². The predicted molar refractivity (Wildman–Crippen MR) is 93.8 cm³/mol. The van der Waals surface area contributed by atoms with Gasteiger partial charge in [0.1, 0.15) is 12.1 Å². The van der Waals surface area contributed by atoms with Crippen molar-refractivity contribution in [2.75, 3.05) is 25.0 Å². The molecule has 3 rings (SSSR count). The number of hydrogen-bond donors (Lipinski definition) is 0. The van der Waals surface area contributed by atoms with Crippen molar-refractivity contribution in [3.63, 3.8) is 0 Å². The van der Waals surface area contributed by atoms with Crippen molar-refractivity contribution < 1.29 is 4.79 Å². The molecule has 0 N–H and O–H groups in total. The van der Waals surface area contributed by atoms with Gasteiger partial charge in [-0.05, 0) is 12.8 Å². The molecule has 1 saturated heterocycles. The molecule has 3 heterocycles. The van der Waals surface area contributed by atoms with Crippen molar-refractivity contribution in [1.82, 2.24) is 24.6 Å². The standard InChI is InChI=1S/C17H26N6O/c1-17(2,3)16(24)21(4)12-6-8-23(9-7-12)15-13-10-20-22(5)14(13)18-11-19-15/h10-12H,6-9H2,1-5H3. The summed E-state index contributed by atoms with van der Waals surface area (Å²) in [5.74, 6) is 1.15. The first kappa shape index (κ1) is 16.7. The van der Waals surface area contributed by atoms with Gasteiger partial charge < -0.3 is 9.80 Å². The van der Waals surface area contributed by atoms with Gasteiger partial charge in [-0.15, -0.1) is 0 Å². The van der Waals surface area contributed by atoms with Crippen molar-refractivity contribution in [1.29, 1.82) is 0 Å². The zero-order valence-electron chi connectivity index (χ0n) is 15.2. The number of anilines is 1. The second kappa shape index (κ2) is 6.03. The molecule has 2 aromatic heterocycles. The first-order chi connectivity index (χ1) is 11.3. The first-order valence-electron chi connectivity index (χ1n) is 8.44. The molecule has 0 aromatic carbocycles. The third-order valence-corrected chi connectivity index (χ3v) is 4.78. The largest absolute Gasteiger partial charge is 0.356 e. The number of amides is 1. The summed E-state index contributed by atoms with van der Waals surface area (Å²) in [5.41, 5.74) is 0.516. The third-order valence-electron chi connectivity index (χ3n) is 4.78. The summed E-state index contributed by atoms with van der Waals surface area (Å²) in [5, 5.41) is 5.26. The van der Waals surface area contributed by atoms with Gasteiger partial charge in [-0.2, -0.15) is 5.10 Å². The monoisotopic (exact) mass is 330 g/mol. The lowest BCUT2D eigenvalue weighted by molar-refractivity contribution is -0.140. The Labute approximate surface area is 142 Å². The molecule has 0 unspecified atom stereocenters. The molecule has 0 radical (unpaired) electrons. The van der Waals surface area contributed by atoms with Gasteiger partial charge in [0.2, 0.25) is 5.91 Å². The molecule has 0 bridgehead atoms. The van der Waals surface area contributed by atoms with E-state index in [9.17, 15) is 4.79 Å². The molecule has 1 aliphatic heterocycles. The van der Waals surface area contributed by atoms with Gasteiger partial charge in [0.25, 0.3) is 0 Å². The maximum Gasteiger partial charge on any atom is 0.227 e. The molecule has 130 valence electrons. The van der Waals surface area contributed by atoms with E-state index in [0.29, 0.717) is 6.04 Å². The average Bonchev–Trinajstić information content (AvgIpc) is 2.94. The molecule has 0 atom stereocenters. The SMILES string of the molecule is CN(C(=O)C(C)(C)C)C1CCN(c2ncnc3c2cnn3C)CC1. The molecule has 1 amide bonds. The summed E-state index contributed by atoms with van der Waals surface area (Å²) in [6.07, 6.45) is 5.32. The van der Waals surface area contributed by atoms with E-state index in [1.807, 2.05) is 46.0 Å². The van der Waals surface area contributed by atoms with E-state index in [4.69, 9.17) is 0 Å². The van der Waals surface area contributed by atoms with E-state index in [-0.39, 0.29) is 11.3 Å². The maximum atomic E-state index is 12.5. The van der Waals surface area contributed by atoms with Gasteiger partial charge in [0, 0.05) is 38.6 Å². The highest BCUT2D eigenvalue weighted by Crippen LogP contribution is 2.27. The van der Waals surface area contributed by atoms with Crippen LogP contribution in [0, 0.1) is 5.41 Å². The number of aryl methyl sites for hydroxylation is 1. The Hall–Kier alpha value is -2.18. The number of piperidine rings is 1. The zero-order chi connectivity index (χ0) is 17.5. The van der Waals surface area contributed by atoms with Crippen molar-refractivity contribution in [2.45, 2.75) is 39.7 Å². The second-order valence-corrected chi connectivity index (χ2v) is 7.59. The van der Waals surface area contributed by atoms with Gasteiger partial charge in [-0.1, -0.05) is 20.8 Å². The molecule has 24 heavy (non-hydrogen) atoms. The lowest BCUT2D eigenvalue weighted by Gasteiger charge is -2.39. The summed E-state index contributed by atoms with van der Waals surface area (Å²) in [6.45, 7) is 7.68. The molecule has 1 aliphatic rings. The summed E-state index contributed by atoms with van der Waals surface area (Å²) in [7, 11) is 3.82. The Kier molecular flexibility index (Phi) is 4.19. The van der Waals surface area contributed by atoms with Crippen LogP contribution in [-0.2, 0) is 11.8 Å². The predicted octanol–water partition coefficient (Wildman–Crippen LogP) is 1.84. The minimum absolute atomic E-state index is 0.206. The van der Waals surface area contributed by atoms with Crippen molar-refractivity contribution in [2.24, 2.45) is 12.5 Å². The fraction of sp³-hybridized carbons (Fsp3) is 0.647. The highest BCUT2D eigenvalue weighted by molar-refractivity contribution is 5.86. The Morgan fingerprint density at radius 3 is 2.54 bits per heavy atom. The van der Waals surface area contributed by atoms with E-state index in [0.717, 1.165) is 42.8 Å². The van der Waals surface area contributed by atoms with Crippen LogP contribution in [0.15, 0.2) is 12.5 Å². The minimum atomic E-state index is -0.333. The molecule has 0 saturated carbocycles. The molecular weight excluding hydrogens is 304 g/mol. The van der Waals surface area contributed by atoms with Crippen LogP contribution >= 0.6 is 0 Å². The lowest BCUT2D eigenvalue weighted by atomic mass is 9.92. The number of hydrogen-bond acceptors (Lipinski definition) is 5. The molecular formula is C17H26N6O. The summed E-state index contributed by atoms with van der Waals surface area (Å²) in [6, 6.07) is 0.291. The lowest BCUT2D eigenvalue weighted by Crippen LogP contribution is -2.48. The van der Waals surface area contributed by atoms with Crippen LogP contribution in [0.2, 0.25) is 0 Å². The van der Waals surface area contributed by atoms with Crippen LogP contribution in [0.25, 0.3) is 11.0 Å². The number of aromatic nitrogens is 4. The molecule has 2 aromatic rings. The fourth-order valence-corrected chi connectivity index (χ4v) is 3.36. The Balaban J connectivity index is 1.72. The van der Waals surface area contributed by atoms with Crippen molar-refractivity contribution in [3.8, 4) is 0 Å². The second-order valence-electron chi connectivity index (χ2n) is 7.59. The Bertz CT molecular complexity index is 739. The third kappa shape index (κ3) is 2.95. The molecule has 7 heteroatoms. The van der Waals surface area contributed by atoms with E-state index in [1.165, 1.54) is 0 Å². The van der Waals surface area contributed by atoms with Gasteiger partial charge in [0.15, 0.2) is 5.65 Å². The van der Waals surface area contributed by atoms with Gasteiger partial charge in [-0.25, -0.2) is 9.97 Å². The Morgan fingerprint density at radius 2 is 1.92 bits per heavy atom. The zero-order valence-corrected chi connectivity index (χ0v) is 15.2. The first-order valence-corrected chi connectivity index (χ1v) is 8.44. The van der Waals surface area contributed by atoms with E-state index in [2.05, 4.69) is 20.0 Å². The number of nitrogens with zero attached hydrogens (tertiary/aromatic N) is 6. The fourth-order valence-electron chi connectivity index (χ4n) is 3.36. The summed E-state index contributed by atoms with van der Waals surface area (Å²) in [4.78, 5) is 25.4. The highest BCUT2D eigenvalue weighted by Gasteiger charge is 2.32. The Morgan fingerprint density at radius 1 is 1.25 bits per heavy atom. The van der Waals surface area contributed by atoms with Gasteiger partial charge in [-0.3, -0.25) is 9.48 Å².